The molecule has 0 aliphatic heterocycles. The third-order valence-corrected chi connectivity index (χ3v) is 3.87. The van der Waals surface area contributed by atoms with E-state index in [1.165, 1.54) is 0 Å². The zero-order valence-electron chi connectivity index (χ0n) is 9.35. The Kier molecular flexibility index (Phi) is 5.14. The molecule has 1 N–H and O–H groups in total. The molecule has 0 saturated heterocycles. The van der Waals surface area contributed by atoms with E-state index in [9.17, 15) is 0 Å². The van der Waals surface area contributed by atoms with Crippen molar-refractivity contribution in [1.82, 2.24) is 5.32 Å². The third-order valence-electron chi connectivity index (χ3n) is 1.58. The van der Waals surface area contributed by atoms with Gasteiger partial charge in [0.2, 0.25) is 0 Å². The third kappa shape index (κ3) is 8.43. The van der Waals surface area contributed by atoms with Crippen LogP contribution < -0.4 is 5.32 Å². The molecule has 0 saturated carbocycles. The van der Waals surface area contributed by atoms with Crippen LogP contribution in [0.1, 0.15) is 34.6 Å². The molecule has 0 aromatic heterocycles. The fraction of sp³-hybridized carbons (Fsp3) is 0.727. The standard InChI is InChI=1S/C11H21N.W/c1-10(2,3)7-8-12-9-11(4,5)6;/h4,7-8,12H,9H2,1-3,5-6H3;. The van der Waals surface area contributed by atoms with Gasteiger partial charge < -0.3 is 0 Å². The van der Waals surface area contributed by atoms with Crippen molar-refractivity contribution in [2.45, 2.75) is 34.6 Å². The molecule has 0 aliphatic carbocycles. The van der Waals surface area contributed by atoms with E-state index >= 15 is 0 Å². The van der Waals surface area contributed by atoms with E-state index in [0.717, 1.165) is 6.54 Å². The van der Waals surface area contributed by atoms with Crippen LogP contribution in [0, 0.1) is 10.8 Å². The maximum absolute atomic E-state index is 3.33. The zero-order chi connectivity index (χ0) is 10.5. The van der Waals surface area contributed by atoms with E-state index in [4.69, 9.17) is 0 Å². The summed E-state index contributed by atoms with van der Waals surface area (Å²) < 4.78 is 2.31. The molecule has 0 atom stereocenters. The van der Waals surface area contributed by atoms with Crippen molar-refractivity contribution < 1.29 is 19.4 Å². The molecule has 0 bridgehead atoms. The molecule has 0 aliphatic rings. The number of hydrogen-bond donors (Lipinski definition) is 1. The van der Waals surface area contributed by atoms with Crippen molar-refractivity contribution in [2.24, 2.45) is 10.8 Å². The second-order valence-electron chi connectivity index (χ2n) is 5.19. The summed E-state index contributed by atoms with van der Waals surface area (Å²) in [6, 6.07) is 0. The molecule has 0 unspecified atom stereocenters. The van der Waals surface area contributed by atoms with Crippen LogP contribution in [-0.4, -0.2) is 10.9 Å². The zero-order valence-corrected chi connectivity index (χ0v) is 12.3. The van der Waals surface area contributed by atoms with Gasteiger partial charge in [-0.2, -0.15) is 0 Å². The summed E-state index contributed by atoms with van der Waals surface area (Å²) in [5, 5.41) is 3.33. The Bertz CT molecular complexity index is 187. The van der Waals surface area contributed by atoms with Gasteiger partial charge in [-0.15, -0.1) is 0 Å². The van der Waals surface area contributed by atoms with Crippen LogP contribution in [0.5, 0.6) is 0 Å². The molecule has 0 aromatic carbocycles. The van der Waals surface area contributed by atoms with Crippen LogP contribution in [0.15, 0.2) is 12.3 Å². The van der Waals surface area contributed by atoms with Crippen LogP contribution >= 0.6 is 0 Å². The van der Waals surface area contributed by atoms with Crippen molar-refractivity contribution in [3.8, 4) is 0 Å². The van der Waals surface area contributed by atoms with E-state index in [0.29, 0.717) is 5.41 Å². The quantitative estimate of drug-likeness (QED) is 0.821. The van der Waals surface area contributed by atoms with Gasteiger partial charge >= 0.3 is 93.3 Å². The molecule has 76 valence electrons. The predicted octanol–water partition coefficient (Wildman–Crippen LogP) is 2.51. The van der Waals surface area contributed by atoms with Crippen molar-refractivity contribution in [1.29, 1.82) is 0 Å². The maximum atomic E-state index is 3.33. The van der Waals surface area contributed by atoms with Crippen molar-refractivity contribution in [3.63, 3.8) is 0 Å². The minimum absolute atomic E-state index is 0.276. The number of rotatable bonds is 4. The van der Waals surface area contributed by atoms with Gasteiger partial charge in [0.05, 0.1) is 0 Å². The molecule has 0 heterocycles. The molecule has 0 rings (SSSR count). The Morgan fingerprint density at radius 3 is 2.08 bits per heavy atom. The Hall–Kier alpha value is 0.0983. The second-order valence-corrected chi connectivity index (χ2v) is 6.03. The molecule has 1 nitrogen and oxygen atoms in total. The summed E-state index contributed by atoms with van der Waals surface area (Å²) in [5.74, 6) is 0. The SMILES string of the molecule is CC(C)(C)C=CNCC(C)(C)[CH]=[W]. The second kappa shape index (κ2) is 5.10. The van der Waals surface area contributed by atoms with Crippen molar-refractivity contribution in [3.05, 3.63) is 12.3 Å². The summed E-state index contributed by atoms with van der Waals surface area (Å²) in [5.41, 5.74) is 0.593. The van der Waals surface area contributed by atoms with E-state index in [2.05, 4.69) is 56.6 Å². The Balaban J connectivity index is 3.81. The summed E-state index contributed by atoms with van der Waals surface area (Å²) in [6.07, 6.45) is 4.27. The summed E-state index contributed by atoms with van der Waals surface area (Å²) in [4.78, 5) is 0. The summed E-state index contributed by atoms with van der Waals surface area (Å²) in [6.45, 7) is 12.1. The molecule has 0 aromatic rings. The van der Waals surface area contributed by atoms with Crippen LogP contribution in [0.3, 0.4) is 0 Å². The van der Waals surface area contributed by atoms with Crippen LogP contribution in [-0.2, 0) is 19.4 Å². The normalized spacial score (nSPS) is 13.3. The van der Waals surface area contributed by atoms with Gasteiger partial charge in [0.25, 0.3) is 0 Å². The molecular formula is C11H21NW. The van der Waals surface area contributed by atoms with Crippen molar-refractivity contribution in [2.75, 3.05) is 6.54 Å². The van der Waals surface area contributed by atoms with Crippen molar-refractivity contribution >= 4 is 4.40 Å². The molecule has 13 heavy (non-hydrogen) atoms. The molecule has 0 radical (unpaired) electrons. The topological polar surface area (TPSA) is 12.0 Å². The van der Waals surface area contributed by atoms with Crippen LogP contribution in [0.4, 0.5) is 0 Å². The van der Waals surface area contributed by atoms with Gasteiger partial charge in [0.1, 0.15) is 0 Å². The first-order valence-corrected chi connectivity index (χ1v) is 6.34. The number of allylic oxidation sites excluding steroid dienone is 1. The first kappa shape index (κ1) is 13.1. The monoisotopic (exact) mass is 351 g/mol. The van der Waals surface area contributed by atoms with Gasteiger partial charge in [0.15, 0.2) is 0 Å². The van der Waals surface area contributed by atoms with Gasteiger partial charge in [-0.25, -0.2) is 0 Å². The number of hydrogen-bond acceptors (Lipinski definition) is 1. The Morgan fingerprint density at radius 2 is 1.69 bits per heavy atom. The summed E-state index contributed by atoms with van der Waals surface area (Å²) >= 11 is 1.54. The molecule has 2 heteroatoms. The van der Waals surface area contributed by atoms with E-state index < -0.39 is 0 Å². The Labute approximate surface area is 93.4 Å². The number of nitrogens with one attached hydrogen (secondary N) is 1. The fourth-order valence-electron chi connectivity index (χ4n) is 0.673. The Morgan fingerprint density at radius 1 is 1.15 bits per heavy atom. The van der Waals surface area contributed by atoms with Crippen LogP contribution in [0.25, 0.3) is 0 Å². The van der Waals surface area contributed by atoms with E-state index in [-0.39, 0.29) is 5.41 Å². The summed E-state index contributed by atoms with van der Waals surface area (Å²) in [7, 11) is 0. The first-order chi connectivity index (χ1) is 5.77. The van der Waals surface area contributed by atoms with Crippen LogP contribution in [0.2, 0.25) is 0 Å². The van der Waals surface area contributed by atoms with Gasteiger partial charge in [-0.3, -0.25) is 0 Å². The van der Waals surface area contributed by atoms with Gasteiger partial charge in [0, 0.05) is 0 Å². The molecular weight excluding hydrogens is 330 g/mol. The average Bonchev–Trinajstić information content (AvgIpc) is 1.97. The predicted molar refractivity (Wildman–Crippen MR) is 56.4 cm³/mol. The van der Waals surface area contributed by atoms with Gasteiger partial charge in [-0.1, -0.05) is 0 Å². The average molecular weight is 351 g/mol. The first-order valence-electron chi connectivity index (χ1n) is 4.64. The fourth-order valence-corrected chi connectivity index (χ4v) is 0.972. The van der Waals surface area contributed by atoms with E-state index in [1.807, 2.05) is 0 Å². The minimum atomic E-state index is 0.276. The molecule has 0 fully saturated rings. The van der Waals surface area contributed by atoms with E-state index in [1.54, 1.807) is 19.4 Å². The van der Waals surface area contributed by atoms with Gasteiger partial charge in [-0.05, 0) is 0 Å². The molecule has 0 amide bonds. The molecule has 0 spiro atoms.